The van der Waals surface area contributed by atoms with Crippen molar-refractivity contribution < 1.29 is 9.90 Å². The van der Waals surface area contributed by atoms with Crippen molar-refractivity contribution in [3.05, 3.63) is 39.2 Å². The van der Waals surface area contributed by atoms with Crippen LogP contribution in [0.3, 0.4) is 0 Å². The average Bonchev–Trinajstić information content (AvgIpc) is 2.36. The van der Waals surface area contributed by atoms with Crippen LogP contribution in [0, 0.1) is 11.3 Å². The number of anilines is 1. The Labute approximate surface area is 114 Å². The normalized spacial score (nSPS) is 12.7. The molecule has 1 aromatic rings. The SMILES string of the molecule is C[C@](O)(CN=[N+]=[N-])C(=O)Nc1ccc(C#N)c(Cl)c1. The molecule has 0 spiro atoms. The van der Waals surface area contributed by atoms with E-state index in [0.29, 0.717) is 5.69 Å². The standard InChI is InChI=1S/C11H10ClN5O2/c1-11(19,6-15-17-14)10(18)16-8-3-2-7(5-13)9(12)4-8/h2-4,19H,6H2,1H3,(H,16,18)/t11-/m0/s1. The predicted molar refractivity (Wildman–Crippen MR) is 69.4 cm³/mol. The highest BCUT2D eigenvalue weighted by molar-refractivity contribution is 6.32. The van der Waals surface area contributed by atoms with Gasteiger partial charge in [-0.1, -0.05) is 16.7 Å². The second kappa shape index (κ2) is 6.07. The van der Waals surface area contributed by atoms with Crippen molar-refractivity contribution in [1.82, 2.24) is 0 Å². The van der Waals surface area contributed by atoms with Crippen LogP contribution in [0.25, 0.3) is 10.4 Å². The van der Waals surface area contributed by atoms with Gasteiger partial charge in [0.05, 0.1) is 17.1 Å². The number of nitrogens with zero attached hydrogens (tertiary/aromatic N) is 4. The molecule has 0 heterocycles. The molecule has 0 unspecified atom stereocenters. The minimum Gasteiger partial charge on any atom is -0.380 e. The molecule has 19 heavy (non-hydrogen) atoms. The van der Waals surface area contributed by atoms with E-state index >= 15 is 0 Å². The van der Waals surface area contributed by atoms with Gasteiger partial charge in [-0.15, -0.1) is 0 Å². The van der Waals surface area contributed by atoms with E-state index in [1.807, 2.05) is 6.07 Å². The zero-order chi connectivity index (χ0) is 14.5. The van der Waals surface area contributed by atoms with Crippen molar-refractivity contribution in [1.29, 1.82) is 5.26 Å². The van der Waals surface area contributed by atoms with Crippen molar-refractivity contribution >= 4 is 23.2 Å². The maximum Gasteiger partial charge on any atom is 0.256 e. The fraction of sp³-hybridized carbons (Fsp3) is 0.273. The van der Waals surface area contributed by atoms with E-state index in [9.17, 15) is 9.90 Å². The van der Waals surface area contributed by atoms with Gasteiger partial charge in [0, 0.05) is 10.6 Å². The van der Waals surface area contributed by atoms with Crippen molar-refractivity contribution in [3.63, 3.8) is 0 Å². The van der Waals surface area contributed by atoms with Crippen molar-refractivity contribution in [2.45, 2.75) is 12.5 Å². The molecule has 98 valence electrons. The fourth-order valence-corrected chi connectivity index (χ4v) is 1.41. The molecule has 1 rings (SSSR count). The van der Waals surface area contributed by atoms with Crippen molar-refractivity contribution in [2.24, 2.45) is 5.11 Å². The molecule has 0 bridgehead atoms. The molecule has 0 saturated carbocycles. The van der Waals surface area contributed by atoms with Crippen LogP contribution in [0.15, 0.2) is 23.3 Å². The van der Waals surface area contributed by atoms with E-state index in [4.69, 9.17) is 22.4 Å². The molecule has 0 radical (unpaired) electrons. The minimum atomic E-state index is -1.83. The summed E-state index contributed by atoms with van der Waals surface area (Å²) < 4.78 is 0. The average molecular weight is 280 g/mol. The summed E-state index contributed by atoms with van der Waals surface area (Å²) in [7, 11) is 0. The third kappa shape index (κ3) is 3.86. The van der Waals surface area contributed by atoms with Gasteiger partial charge in [-0.25, -0.2) is 0 Å². The van der Waals surface area contributed by atoms with E-state index in [-0.39, 0.29) is 17.1 Å². The summed E-state index contributed by atoms with van der Waals surface area (Å²) >= 11 is 5.81. The Hall–Kier alpha value is -2.26. The lowest BCUT2D eigenvalue weighted by molar-refractivity contribution is -0.131. The molecule has 0 fully saturated rings. The topological polar surface area (TPSA) is 122 Å². The molecule has 0 saturated heterocycles. The Kier molecular flexibility index (Phi) is 4.73. The highest BCUT2D eigenvalue weighted by atomic mass is 35.5. The number of nitriles is 1. The van der Waals surface area contributed by atoms with E-state index in [0.717, 1.165) is 0 Å². The molecule has 0 aliphatic heterocycles. The third-order valence-electron chi connectivity index (χ3n) is 2.28. The van der Waals surface area contributed by atoms with Crippen LogP contribution in [0.1, 0.15) is 12.5 Å². The van der Waals surface area contributed by atoms with Gasteiger partial charge in [-0.05, 0) is 30.7 Å². The number of hydrogen-bond acceptors (Lipinski definition) is 4. The molecular formula is C11H10ClN5O2. The molecule has 7 nitrogen and oxygen atoms in total. The van der Waals surface area contributed by atoms with E-state index < -0.39 is 11.5 Å². The first-order chi connectivity index (χ1) is 8.90. The number of nitrogens with one attached hydrogen (secondary N) is 1. The summed E-state index contributed by atoms with van der Waals surface area (Å²) in [6, 6.07) is 6.20. The summed E-state index contributed by atoms with van der Waals surface area (Å²) in [5, 5.41) is 24.3. The molecule has 8 heteroatoms. The Bertz CT molecular complexity index is 587. The molecule has 1 amide bonds. The van der Waals surface area contributed by atoms with Crippen LogP contribution in [0.2, 0.25) is 5.02 Å². The lowest BCUT2D eigenvalue weighted by atomic mass is 10.1. The van der Waals surface area contributed by atoms with Gasteiger partial charge in [-0.3, -0.25) is 4.79 Å². The predicted octanol–water partition coefficient (Wildman–Crippen LogP) is 2.21. The Morgan fingerprint density at radius 2 is 2.42 bits per heavy atom. The number of carbonyl (C=O) groups excluding carboxylic acids is 1. The van der Waals surface area contributed by atoms with Crippen molar-refractivity contribution in [2.75, 3.05) is 11.9 Å². The maximum absolute atomic E-state index is 11.8. The number of aliphatic hydroxyl groups is 1. The molecular weight excluding hydrogens is 270 g/mol. The third-order valence-corrected chi connectivity index (χ3v) is 2.59. The van der Waals surface area contributed by atoms with Gasteiger partial charge in [0.2, 0.25) is 0 Å². The monoisotopic (exact) mass is 279 g/mol. The quantitative estimate of drug-likeness (QED) is 0.499. The maximum atomic E-state index is 11.8. The second-order valence-corrected chi connectivity index (χ2v) is 4.33. The largest absolute Gasteiger partial charge is 0.380 e. The van der Waals surface area contributed by atoms with Crippen LogP contribution in [-0.2, 0) is 4.79 Å². The lowest BCUT2D eigenvalue weighted by Crippen LogP contribution is -2.42. The van der Waals surface area contributed by atoms with Crippen LogP contribution in [0.5, 0.6) is 0 Å². The Balaban J connectivity index is 2.85. The van der Waals surface area contributed by atoms with Gasteiger partial charge in [0.1, 0.15) is 11.7 Å². The summed E-state index contributed by atoms with van der Waals surface area (Å²) in [5.74, 6) is -0.735. The summed E-state index contributed by atoms with van der Waals surface area (Å²) in [6.45, 7) is 0.835. The van der Waals surface area contributed by atoms with E-state index in [1.54, 1.807) is 0 Å². The number of hydrogen-bond donors (Lipinski definition) is 2. The smallest absolute Gasteiger partial charge is 0.256 e. The fourth-order valence-electron chi connectivity index (χ4n) is 1.19. The molecule has 1 atom stereocenters. The number of azide groups is 1. The van der Waals surface area contributed by atoms with Crippen molar-refractivity contribution in [3.8, 4) is 6.07 Å². The lowest BCUT2D eigenvalue weighted by Gasteiger charge is -2.20. The van der Waals surface area contributed by atoms with Gasteiger partial charge in [0.15, 0.2) is 0 Å². The summed E-state index contributed by atoms with van der Waals surface area (Å²) in [6.07, 6.45) is 0. The van der Waals surface area contributed by atoms with Crippen LogP contribution in [-0.4, -0.2) is 23.2 Å². The number of amides is 1. The highest BCUT2D eigenvalue weighted by Crippen LogP contribution is 2.21. The highest BCUT2D eigenvalue weighted by Gasteiger charge is 2.29. The number of carbonyl (C=O) groups is 1. The molecule has 2 N–H and O–H groups in total. The molecule has 0 aliphatic rings. The summed E-state index contributed by atoms with van der Waals surface area (Å²) in [4.78, 5) is 14.2. The molecule has 0 aliphatic carbocycles. The molecule has 0 aromatic heterocycles. The zero-order valence-electron chi connectivity index (χ0n) is 9.96. The first-order valence-electron chi connectivity index (χ1n) is 5.15. The second-order valence-electron chi connectivity index (χ2n) is 3.92. The minimum absolute atomic E-state index is 0.190. The Morgan fingerprint density at radius 1 is 1.74 bits per heavy atom. The Morgan fingerprint density at radius 3 is 2.95 bits per heavy atom. The van der Waals surface area contributed by atoms with Crippen LogP contribution in [0.4, 0.5) is 5.69 Å². The number of halogens is 1. The van der Waals surface area contributed by atoms with E-state index in [1.165, 1.54) is 25.1 Å². The van der Waals surface area contributed by atoms with Crippen LogP contribution >= 0.6 is 11.6 Å². The zero-order valence-corrected chi connectivity index (χ0v) is 10.7. The van der Waals surface area contributed by atoms with Gasteiger partial charge in [0.25, 0.3) is 5.91 Å². The first-order valence-corrected chi connectivity index (χ1v) is 5.53. The summed E-state index contributed by atoms with van der Waals surface area (Å²) in [5.41, 5.74) is 6.94. The van der Waals surface area contributed by atoms with Gasteiger partial charge < -0.3 is 10.4 Å². The van der Waals surface area contributed by atoms with Gasteiger partial charge >= 0.3 is 0 Å². The van der Waals surface area contributed by atoms with E-state index in [2.05, 4.69) is 15.3 Å². The number of rotatable bonds is 4. The first kappa shape index (κ1) is 14.8. The molecule has 1 aromatic carbocycles. The number of benzene rings is 1. The van der Waals surface area contributed by atoms with Gasteiger partial charge in [-0.2, -0.15) is 5.26 Å². The van der Waals surface area contributed by atoms with Crippen LogP contribution < -0.4 is 5.32 Å².